The van der Waals surface area contributed by atoms with Crippen molar-refractivity contribution in [1.82, 2.24) is 4.90 Å². The first-order chi connectivity index (χ1) is 9.97. The molecule has 2 N–H and O–H groups in total. The number of carbonyl (C=O) groups excluding carboxylic acids is 1. The van der Waals surface area contributed by atoms with Crippen molar-refractivity contribution in [2.24, 2.45) is 5.92 Å². The fourth-order valence-electron chi connectivity index (χ4n) is 2.62. The minimum Gasteiger partial charge on any atom is -0.397 e. The predicted molar refractivity (Wildman–Crippen MR) is 89.9 cm³/mol. The Morgan fingerprint density at radius 2 is 2.14 bits per heavy atom. The van der Waals surface area contributed by atoms with Gasteiger partial charge in [0.1, 0.15) is 4.88 Å². The molecule has 1 saturated carbocycles. The highest BCUT2D eigenvalue weighted by Crippen LogP contribution is 2.36. The monoisotopic (exact) mass is 302 g/mol. The van der Waals surface area contributed by atoms with Crippen LogP contribution >= 0.6 is 11.3 Å². The van der Waals surface area contributed by atoms with E-state index >= 15 is 0 Å². The molecule has 0 unspecified atom stereocenters. The number of anilines is 1. The van der Waals surface area contributed by atoms with Gasteiger partial charge < -0.3 is 10.6 Å². The summed E-state index contributed by atoms with van der Waals surface area (Å²) in [5.41, 5.74) is 8.07. The minimum absolute atomic E-state index is 0.0910. The van der Waals surface area contributed by atoms with E-state index in [9.17, 15) is 4.79 Å². The van der Waals surface area contributed by atoms with Crippen molar-refractivity contribution >= 4 is 33.0 Å². The molecule has 1 aromatic carbocycles. The number of rotatable bonds is 4. The summed E-state index contributed by atoms with van der Waals surface area (Å²) in [6, 6.07) is 6.38. The molecule has 112 valence electrons. The van der Waals surface area contributed by atoms with Crippen molar-refractivity contribution in [3.8, 4) is 0 Å². The van der Waals surface area contributed by atoms with Crippen LogP contribution in [0.3, 0.4) is 0 Å². The van der Waals surface area contributed by atoms with Gasteiger partial charge in [-0.3, -0.25) is 4.79 Å². The van der Waals surface area contributed by atoms with Crippen LogP contribution < -0.4 is 5.73 Å². The Morgan fingerprint density at radius 3 is 2.76 bits per heavy atom. The SMILES string of the molecule is Cc1ccc2c(N)c(C(=O)N(CC3CC3)C(C)C)sc2c1. The normalized spacial score (nSPS) is 14.9. The van der Waals surface area contributed by atoms with Gasteiger partial charge in [-0.1, -0.05) is 12.1 Å². The average molecular weight is 302 g/mol. The van der Waals surface area contributed by atoms with Gasteiger partial charge in [0.05, 0.1) is 5.69 Å². The van der Waals surface area contributed by atoms with Crippen LogP contribution in [0.25, 0.3) is 10.1 Å². The molecule has 21 heavy (non-hydrogen) atoms. The van der Waals surface area contributed by atoms with E-state index in [2.05, 4.69) is 26.8 Å². The number of carbonyl (C=O) groups is 1. The fourth-order valence-corrected chi connectivity index (χ4v) is 3.80. The van der Waals surface area contributed by atoms with Crippen molar-refractivity contribution < 1.29 is 4.79 Å². The molecule has 1 aromatic heterocycles. The van der Waals surface area contributed by atoms with Crippen LogP contribution in [0, 0.1) is 12.8 Å². The summed E-state index contributed by atoms with van der Waals surface area (Å²) in [6.45, 7) is 7.08. The summed E-state index contributed by atoms with van der Waals surface area (Å²) in [5, 5.41) is 1.00. The molecule has 0 radical (unpaired) electrons. The second kappa shape index (κ2) is 5.34. The zero-order chi connectivity index (χ0) is 15.1. The molecule has 0 spiro atoms. The average Bonchev–Trinajstić information content (AvgIpc) is 3.19. The molecule has 0 aliphatic heterocycles. The van der Waals surface area contributed by atoms with E-state index < -0.39 is 0 Å². The Kier molecular flexibility index (Phi) is 3.66. The van der Waals surface area contributed by atoms with Gasteiger partial charge in [-0.15, -0.1) is 11.3 Å². The smallest absolute Gasteiger partial charge is 0.266 e. The number of thiophene rings is 1. The van der Waals surface area contributed by atoms with Crippen molar-refractivity contribution in [3.05, 3.63) is 28.6 Å². The topological polar surface area (TPSA) is 46.3 Å². The van der Waals surface area contributed by atoms with Crippen LogP contribution in [-0.4, -0.2) is 23.4 Å². The van der Waals surface area contributed by atoms with Gasteiger partial charge >= 0.3 is 0 Å². The van der Waals surface area contributed by atoms with Crippen LogP contribution in [0.1, 0.15) is 41.9 Å². The first-order valence-electron chi connectivity index (χ1n) is 7.57. The van der Waals surface area contributed by atoms with Gasteiger partial charge in [0.2, 0.25) is 0 Å². The van der Waals surface area contributed by atoms with Crippen LogP contribution in [0.5, 0.6) is 0 Å². The molecule has 2 aromatic rings. The molecular formula is C17H22N2OS. The number of hydrogen-bond donors (Lipinski definition) is 1. The second-order valence-electron chi connectivity index (χ2n) is 6.34. The number of benzene rings is 1. The van der Waals surface area contributed by atoms with Gasteiger partial charge in [0, 0.05) is 22.7 Å². The minimum atomic E-state index is 0.0910. The Morgan fingerprint density at radius 1 is 1.43 bits per heavy atom. The molecular weight excluding hydrogens is 280 g/mol. The quantitative estimate of drug-likeness (QED) is 0.926. The Balaban J connectivity index is 1.97. The standard InChI is InChI=1S/C17H22N2OS/c1-10(2)19(9-12-5-6-12)17(20)16-15(18)13-7-4-11(3)8-14(13)21-16/h4,7-8,10,12H,5-6,9,18H2,1-3H3. The molecule has 3 nitrogen and oxygen atoms in total. The van der Waals surface area contributed by atoms with E-state index in [1.165, 1.54) is 29.7 Å². The lowest BCUT2D eigenvalue weighted by atomic mass is 10.1. The Labute approximate surface area is 129 Å². The van der Waals surface area contributed by atoms with E-state index in [0.29, 0.717) is 16.5 Å². The fraction of sp³-hybridized carbons (Fsp3) is 0.471. The molecule has 4 heteroatoms. The summed E-state index contributed by atoms with van der Waals surface area (Å²) in [7, 11) is 0. The molecule has 1 heterocycles. The van der Waals surface area contributed by atoms with Crippen LogP contribution in [0.2, 0.25) is 0 Å². The molecule has 1 aliphatic rings. The van der Waals surface area contributed by atoms with Crippen molar-refractivity contribution in [3.63, 3.8) is 0 Å². The van der Waals surface area contributed by atoms with Gasteiger partial charge in [0.15, 0.2) is 0 Å². The summed E-state index contributed by atoms with van der Waals surface area (Å²) in [5.74, 6) is 0.780. The second-order valence-corrected chi connectivity index (χ2v) is 7.39. The van der Waals surface area contributed by atoms with Crippen LogP contribution in [-0.2, 0) is 0 Å². The van der Waals surface area contributed by atoms with E-state index in [-0.39, 0.29) is 11.9 Å². The number of nitrogen functional groups attached to an aromatic ring is 1. The third kappa shape index (κ3) is 2.77. The number of aryl methyl sites for hydroxylation is 1. The lowest BCUT2D eigenvalue weighted by molar-refractivity contribution is 0.0702. The highest BCUT2D eigenvalue weighted by atomic mass is 32.1. The van der Waals surface area contributed by atoms with Gasteiger partial charge in [-0.25, -0.2) is 0 Å². The maximum absolute atomic E-state index is 12.9. The van der Waals surface area contributed by atoms with Crippen LogP contribution in [0.4, 0.5) is 5.69 Å². The molecule has 0 bridgehead atoms. The maximum atomic E-state index is 12.9. The number of nitrogens with zero attached hydrogens (tertiary/aromatic N) is 1. The molecule has 1 amide bonds. The predicted octanol–water partition coefficient (Wildman–Crippen LogP) is 4.05. The van der Waals surface area contributed by atoms with Crippen LogP contribution in [0.15, 0.2) is 18.2 Å². The largest absolute Gasteiger partial charge is 0.397 e. The molecule has 0 atom stereocenters. The number of hydrogen-bond acceptors (Lipinski definition) is 3. The van der Waals surface area contributed by atoms with E-state index in [4.69, 9.17) is 5.73 Å². The number of amides is 1. The third-order valence-corrected chi connectivity index (χ3v) is 5.27. The highest BCUT2D eigenvalue weighted by molar-refractivity contribution is 7.21. The zero-order valence-corrected chi connectivity index (χ0v) is 13.7. The van der Waals surface area contributed by atoms with Gasteiger partial charge in [-0.05, 0) is 51.2 Å². The summed E-state index contributed by atoms with van der Waals surface area (Å²) < 4.78 is 1.10. The summed E-state index contributed by atoms with van der Waals surface area (Å²) in [6.07, 6.45) is 2.50. The van der Waals surface area contributed by atoms with E-state index in [1.54, 1.807) is 0 Å². The van der Waals surface area contributed by atoms with Gasteiger partial charge in [-0.2, -0.15) is 0 Å². The zero-order valence-electron chi connectivity index (χ0n) is 12.8. The lowest BCUT2D eigenvalue weighted by Crippen LogP contribution is -2.38. The van der Waals surface area contributed by atoms with Crippen molar-refractivity contribution in [1.29, 1.82) is 0 Å². The summed E-state index contributed by atoms with van der Waals surface area (Å²) in [4.78, 5) is 15.6. The molecule has 3 rings (SSSR count). The molecule has 0 saturated heterocycles. The Bertz CT molecular complexity index is 685. The van der Waals surface area contributed by atoms with Gasteiger partial charge in [0.25, 0.3) is 5.91 Å². The highest BCUT2D eigenvalue weighted by Gasteiger charge is 2.30. The van der Waals surface area contributed by atoms with E-state index in [1.807, 2.05) is 17.0 Å². The molecule has 1 fully saturated rings. The first kappa shape index (κ1) is 14.4. The maximum Gasteiger partial charge on any atom is 0.266 e. The summed E-state index contributed by atoms with van der Waals surface area (Å²) >= 11 is 1.52. The van der Waals surface area contributed by atoms with Crippen molar-refractivity contribution in [2.45, 2.75) is 39.7 Å². The first-order valence-corrected chi connectivity index (χ1v) is 8.38. The number of fused-ring (bicyclic) bond motifs is 1. The molecule has 1 aliphatic carbocycles. The lowest BCUT2D eigenvalue weighted by Gasteiger charge is -2.26. The third-order valence-electron chi connectivity index (χ3n) is 4.11. The van der Waals surface area contributed by atoms with Crippen molar-refractivity contribution in [2.75, 3.05) is 12.3 Å². The number of nitrogens with two attached hydrogens (primary N) is 1. The Hall–Kier alpha value is -1.55. The van der Waals surface area contributed by atoms with E-state index in [0.717, 1.165) is 16.6 Å².